The molecule has 0 aromatic heterocycles. The van der Waals surface area contributed by atoms with Crippen LogP contribution in [0.15, 0.2) is 95.3 Å². The number of hydrogen-bond acceptors (Lipinski definition) is 6. The molecule has 1 heterocycles. The van der Waals surface area contributed by atoms with Gasteiger partial charge >= 0.3 is 0 Å². The lowest BCUT2D eigenvalue weighted by Gasteiger charge is -2.37. The van der Waals surface area contributed by atoms with E-state index >= 15 is 0 Å². The van der Waals surface area contributed by atoms with Crippen molar-refractivity contribution in [1.29, 1.82) is 0 Å². The number of nitrogens with one attached hydrogen (secondary N) is 2. The van der Waals surface area contributed by atoms with Gasteiger partial charge in [-0.3, -0.25) is 9.59 Å². The fraction of sp³-hybridized carbons (Fsp3) is 0.250. The van der Waals surface area contributed by atoms with Gasteiger partial charge in [-0.25, -0.2) is 0 Å². The lowest BCUT2D eigenvalue weighted by Crippen LogP contribution is -2.37. The van der Waals surface area contributed by atoms with E-state index in [4.69, 9.17) is 14.2 Å². The van der Waals surface area contributed by atoms with Crippen molar-refractivity contribution in [2.75, 3.05) is 26.6 Å². The Morgan fingerprint density at radius 1 is 0.821 bits per heavy atom. The van der Waals surface area contributed by atoms with Crippen molar-refractivity contribution in [3.63, 3.8) is 0 Å². The number of carbonyl (C=O) groups is 2. The van der Waals surface area contributed by atoms with E-state index in [1.807, 2.05) is 67.6 Å². The molecule has 1 aliphatic carbocycles. The molecule has 0 unspecified atom stereocenters. The smallest absolute Gasteiger partial charge is 0.254 e. The fourth-order valence-electron chi connectivity index (χ4n) is 5.60. The third-order valence-electron chi connectivity index (χ3n) is 7.44. The molecular formula is C32H32N2O5. The van der Waals surface area contributed by atoms with E-state index in [0.717, 1.165) is 22.5 Å². The average Bonchev–Trinajstić information content (AvgIpc) is 2.96. The van der Waals surface area contributed by atoms with E-state index in [1.165, 1.54) is 0 Å². The summed E-state index contributed by atoms with van der Waals surface area (Å²) in [6.07, 6.45) is 0.971. The number of rotatable bonds is 7. The Hall–Kier alpha value is -4.52. The third kappa shape index (κ3) is 5.00. The van der Waals surface area contributed by atoms with E-state index in [1.54, 1.807) is 33.5 Å². The highest BCUT2D eigenvalue weighted by Crippen LogP contribution is 2.46. The van der Waals surface area contributed by atoms with Crippen LogP contribution in [0.25, 0.3) is 0 Å². The molecule has 200 valence electrons. The summed E-state index contributed by atoms with van der Waals surface area (Å²) in [5, 5.41) is 6.44. The lowest BCUT2D eigenvalue weighted by molar-refractivity contribution is -0.116. The van der Waals surface area contributed by atoms with E-state index < -0.39 is 5.92 Å². The number of dihydropyridines is 1. The minimum atomic E-state index is -0.490. The highest BCUT2D eigenvalue weighted by molar-refractivity contribution is 6.10. The molecule has 1 aliphatic heterocycles. The van der Waals surface area contributed by atoms with Crippen LogP contribution in [0.3, 0.4) is 0 Å². The Morgan fingerprint density at radius 3 is 2.23 bits per heavy atom. The van der Waals surface area contributed by atoms with Gasteiger partial charge in [0, 0.05) is 34.9 Å². The molecule has 0 fully saturated rings. The van der Waals surface area contributed by atoms with Gasteiger partial charge in [-0.1, -0.05) is 48.5 Å². The van der Waals surface area contributed by atoms with Crippen molar-refractivity contribution in [2.24, 2.45) is 0 Å². The van der Waals surface area contributed by atoms with Gasteiger partial charge in [0.2, 0.25) is 0 Å². The summed E-state index contributed by atoms with van der Waals surface area (Å²) in [4.78, 5) is 27.7. The van der Waals surface area contributed by atoms with Crippen LogP contribution >= 0.6 is 0 Å². The van der Waals surface area contributed by atoms with E-state index in [9.17, 15) is 9.59 Å². The highest BCUT2D eigenvalue weighted by Gasteiger charge is 2.41. The Morgan fingerprint density at radius 2 is 1.51 bits per heavy atom. The second kappa shape index (κ2) is 11.1. The van der Waals surface area contributed by atoms with Crippen LogP contribution in [0.1, 0.15) is 42.7 Å². The van der Waals surface area contributed by atoms with E-state index in [-0.39, 0.29) is 17.6 Å². The number of amides is 1. The van der Waals surface area contributed by atoms with Crippen LogP contribution in [-0.2, 0) is 9.59 Å². The van der Waals surface area contributed by atoms with Crippen molar-refractivity contribution in [1.82, 2.24) is 5.32 Å². The van der Waals surface area contributed by atoms with Crippen LogP contribution in [-0.4, -0.2) is 33.0 Å². The Bertz CT molecular complexity index is 1470. The lowest BCUT2D eigenvalue weighted by atomic mass is 9.71. The molecule has 3 aromatic rings. The number of ketones is 1. The van der Waals surface area contributed by atoms with Gasteiger partial charge in [-0.15, -0.1) is 0 Å². The molecule has 0 bridgehead atoms. The first kappa shape index (κ1) is 26.1. The van der Waals surface area contributed by atoms with Gasteiger partial charge in [0.25, 0.3) is 5.91 Å². The summed E-state index contributed by atoms with van der Waals surface area (Å²) in [6.45, 7) is 1.89. The van der Waals surface area contributed by atoms with Gasteiger partial charge in [-0.05, 0) is 54.7 Å². The van der Waals surface area contributed by atoms with Crippen LogP contribution in [0.2, 0.25) is 0 Å². The van der Waals surface area contributed by atoms with Crippen molar-refractivity contribution in [3.05, 3.63) is 106 Å². The van der Waals surface area contributed by atoms with Gasteiger partial charge in [0.1, 0.15) is 5.75 Å². The summed E-state index contributed by atoms with van der Waals surface area (Å²) >= 11 is 0. The predicted octanol–water partition coefficient (Wildman–Crippen LogP) is 5.71. The number of methoxy groups -OCH3 is 3. The minimum Gasteiger partial charge on any atom is -0.495 e. The van der Waals surface area contributed by atoms with Crippen LogP contribution in [0, 0.1) is 0 Å². The quantitative estimate of drug-likeness (QED) is 0.412. The molecule has 3 aromatic carbocycles. The zero-order valence-corrected chi connectivity index (χ0v) is 22.5. The molecular weight excluding hydrogens is 492 g/mol. The first-order chi connectivity index (χ1) is 18.9. The number of anilines is 1. The molecule has 0 spiro atoms. The molecule has 0 saturated carbocycles. The molecule has 0 saturated heterocycles. The Kier molecular flexibility index (Phi) is 7.41. The Balaban J connectivity index is 1.53. The van der Waals surface area contributed by atoms with Gasteiger partial charge in [0.15, 0.2) is 17.3 Å². The van der Waals surface area contributed by atoms with Gasteiger partial charge in [0.05, 0.1) is 27.0 Å². The number of benzene rings is 3. The van der Waals surface area contributed by atoms with Crippen molar-refractivity contribution < 1.29 is 23.8 Å². The summed E-state index contributed by atoms with van der Waals surface area (Å²) in [5.41, 5.74) is 5.21. The molecule has 0 radical (unpaired) electrons. The fourth-order valence-corrected chi connectivity index (χ4v) is 5.60. The number of carbonyl (C=O) groups excluding carboxylic acids is 2. The molecule has 7 nitrogen and oxygen atoms in total. The third-order valence-corrected chi connectivity index (χ3v) is 7.44. The summed E-state index contributed by atoms with van der Waals surface area (Å²) in [7, 11) is 4.77. The average molecular weight is 525 g/mol. The predicted molar refractivity (Wildman–Crippen MR) is 150 cm³/mol. The summed E-state index contributed by atoms with van der Waals surface area (Å²) < 4.78 is 16.3. The standard InChI is InChI=1S/C32H32N2O5/c1-19-29(32(36)34-23-12-8-9-13-26(23)37-2)30(20-10-6-5-7-11-20)31-24(33-19)16-22(17-25(31)35)21-14-15-27(38-3)28(18-21)39-4/h5-15,18,22,30,33H,16-17H2,1-4H3,(H,34,36)/t22-,30-/m1/s1. The maximum absolute atomic E-state index is 13.9. The van der Waals surface area contributed by atoms with Gasteiger partial charge < -0.3 is 24.8 Å². The number of allylic oxidation sites excluding steroid dienone is 3. The molecule has 39 heavy (non-hydrogen) atoms. The first-order valence-corrected chi connectivity index (χ1v) is 12.9. The zero-order valence-electron chi connectivity index (χ0n) is 22.5. The number of ether oxygens (including phenoxy) is 3. The van der Waals surface area contributed by atoms with E-state index in [2.05, 4.69) is 10.6 Å². The second-order valence-corrected chi connectivity index (χ2v) is 9.70. The van der Waals surface area contributed by atoms with Gasteiger partial charge in [-0.2, -0.15) is 0 Å². The second-order valence-electron chi connectivity index (χ2n) is 9.70. The summed E-state index contributed by atoms with van der Waals surface area (Å²) in [5.74, 6) is 1.07. The molecule has 5 rings (SSSR count). The molecule has 1 amide bonds. The van der Waals surface area contributed by atoms with Crippen LogP contribution in [0.4, 0.5) is 5.69 Å². The van der Waals surface area contributed by atoms with Crippen molar-refractivity contribution >= 4 is 17.4 Å². The molecule has 2 N–H and O–H groups in total. The SMILES string of the molecule is COc1ccccc1NC(=O)C1=C(C)NC2=C(C(=O)C[C@H](c3ccc(OC)c(OC)c3)C2)[C@@H]1c1ccccc1. The molecule has 2 aliphatic rings. The maximum Gasteiger partial charge on any atom is 0.254 e. The Labute approximate surface area is 228 Å². The monoisotopic (exact) mass is 524 g/mol. The minimum absolute atomic E-state index is 0.0208. The zero-order chi connectivity index (χ0) is 27.5. The largest absolute Gasteiger partial charge is 0.495 e. The first-order valence-electron chi connectivity index (χ1n) is 12.9. The molecule has 7 heteroatoms. The van der Waals surface area contributed by atoms with E-state index in [0.29, 0.717) is 46.9 Å². The normalized spacial score (nSPS) is 18.7. The van der Waals surface area contributed by atoms with Crippen LogP contribution in [0.5, 0.6) is 17.2 Å². The number of para-hydroxylation sites is 2. The number of Topliss-reactive ketones (excluding diaryl/α,β-unsaturated/α-hetero) is 1. The topological polar surface area (TPSA) is 85.9 Å². The van der Waals surface area contributed by atoms with Crippen molar-refractivity contribution in [3.8, 4) is 17.2 Å². The molecule has 2 atom stereocenters. The highest BCUT2D eigenvalue weighted by atomic mass is 16.5. The maximum atomic E-state index is 13.9. The summed E-state index contributed by atoms with van der Waals surface area (Å²) in [6, 6.07) is 22.8. The van der Waals surface area contributed by atoms with Crippen molar-refractivity contribution in [2.45, 2.75) is 31.6 Å². The number of hydrogen-bond donors (Lipinski definition) is 2. The van der Waals surface area contributed by atoms with Crippen LogP contribution < -0.4 is 24.8 Å².